The van der Waals surface area contributed by atoms with Crippen molar-refractivity contribution >= 4 is 23.0 Å². The number of carboxylic acids is 1. The molecule has 0 saturated carbocycles. The summed E-state index contributed by atoms with van der Waals surface area (Å²) in [6.07, 6.45) is 0.602. The van der Waals surface area contributed by atoms with E-state index in [4.69, 9.17) is 15.6 Å². The van der Waals surface area contributed by atoms with Crippen molar-refractivity contribution in [3.05, 3.63) is 34.5 Å². The van der Waals surface area contributed by atoms with Crippen molar-refractivity contribution in [1.29, 1.82) is 0 Å². The molecule has 0 fully saturated rings. The van der Waals surface area contributed by atoms with Gasteiger partial charge < -0.3 is 15.6 Å². The van der Waals surface area contributed by atoms with Gasteiger partial charge in [-0.3, -0.25) is 0 Å². The summed E-state index contributed by atoms with van der Waals surface area (Å²) < 4.78 is 18.4. The molecule has 0 amide bonds. The molecule has 0 aliphatic rings. The van der Waals surface area contributed by atoms with Gasteiger partial charge in [0.25, 0.3) is 0 Å². The van der Waals surface area contributed by atoms with Crippen LogP contribution in [-0.2, 0) is 6.42 Å². The van der Waals surface area contributed by atoms with Crippen molar-refractivity contribution in [2.24, 2.45) is 0 Å². The zero-order chi connectivity index (χ0) is 14.9. The normalized spacial score (nSPS) is 10.6. The fraction of sp³-hybridized carbons (Fsp3) is 0.214. The number of hydrogen-bond acceptors (Lipinski definition) is 4. The Morgan fingerprint density at radius 2 is 2.20 bits per heavy atom. The van der Waals surface area contributed by atoms with Gasteiger partial charge >= 0.3 is 5.97 Å². The Kier molecular flexibility index (Phi) is 3.94. The number of benzene rings is 1. The van der Waals surface area contributed by atoms with Gasteiger partial charge in [-0.15, -0.1) is 11.3 Å². The SMILES string of the molecule is CCc1c(-c2ccc(F)c(OC)c2)sc(C(=O)O)c1N. The molecule has 0 saturated heterocycles. The maximum atomic E-state index is 13.4. The van der Waals surface area contributed by atoms with Crippen molar-refractivity contribution in [3.63, 3.8) is 0 Å². The van der Waals surface area contributed by atoms with E-state index in [9.17, 15) is 9.18 Å². The van der Waals surface area contributed by atoms with Crippen LogP contribution in [0.15, 0.2) is 18.2 Å². The van der Waals surface area contributed by atoms with E-state index in [1.165, 1.54) is 13.2 Å². The first-order chi connectivity index (χ1) is 9.49. The van der Waals surface area contributed by atoms with Gasteiger partial charge in [-0.2, -0.15) is 0 Å². The maximum absolute atomic E-state index is 13.4. The molecule has 0 radical (unpaired) electrons. The number of hydrogen-bond donors (Lipinski definition) is 2. The van der Waals surface area contributed by atoms with E-state index in [1.807, 2.05) is 6.92 Å². The monoisotopic (exact) mass is 295 g/mol. The quantitative estimate of drug-likeness (QED) is 0.906. The van der Waals surface area contributed by atoms with E-state index in [-0.39, 0.29) is 16.3 Å². The first kappa shape index (κ1) is 14.3. The van der Waals surface area contributed by atoms with Crippen LogP contribution in [-0.4, -0.2) is 18.2 Å². The number of carbonyl (C=O) groups is 1. The van der Waals surface area contributed by atoms with Crippen LogP contribution in [0.25, 0.3) is 10.4 Å². The summed E-state index contributed by atoms with van der Waals surface area (Å²) in [5, 5.41) is 9.14. The highest BCUT2D eigenvalue weighted by Gasteiger charge is 2.21. The third-order valence-corrected chi connectivity index (χ3v) is 4.29. The average molecular weight is 295 g/mol. The van der Waals surface area contributed by atoms with Gasteiger partial charge in [-0.1, -0.05) is 13.0 Å². The molecule has 2 aromatic rings. The summed E-state index contributed by atoms with van der Waals surface area (Å²) in [6.45, 7) is 1.90. The van der Waals surface area contributed by atoms with Crippen LogP contribution in [0, 0.1) is 5.82 Å². The molecular formula is C14H14FNO3S. The third-order valence-electron chi connectivity index (χ3n) is 3.01. The lowest BCUT2D eigenvalue weighted by Gasteiger charge is -2.06. The smallest absolute Gasteiger partial charge is 0.348 e. The summed E-state index contributed by atoms with van der Waals surface area (Å²) in [7, 11) is 1.38. The van der Waals surface area contributed by atoms with Gasteiger partial charge in [0, 0.05) is 4.88 Å². The molecule has 1 aromatic carbocycles. The molecule has 20 heavy (non-hydrogen) atoms. The summed E-state index contributed by atoms with van der Waals surface area (Å²) >= 11 is 1.09. The molecule has 0 aliphatic carbocycles. The minimum absolute atomic E-state index is 0.111. The predicted octanol–water partition coefficient (Wildman–Crippen LogP) is 3.41. The standard InChI is InChI=1S/C14H14FNO3S/c1-3-8-11(16)13(14(17)18)20-12(8)7-4-5-9(15)10(6-7)19-2/h4-6H,3,16H2,1-2H3,(H,17,18). The summed E-state index contributed by atoms with van der Waals surface area (Å²) in [5.41, 5.74) is 7.62. The Morgan fingerprint density at radius 1 is 1.50 bits per heavy atom. The van der Waals surface area contributed by atoms with Crippen LogP contribution in [0.2, 0.25) is 0 Å². The van der Waals surface area contributed by atoms with Gasteiger partial charge in [-0.25, -0.2) is 9.18 Å². The second kappa shape index (κ2) is 5.50. The van der Waals surface area contributed by atoms with Crippen LogP contribution in [0.3, 0.4) is 0 Å². The number of rotatable bonds is 4. The van der Waals surface area contributed by atoms with Crippen LogP contribution in [0.4, 0.5) is 10.1 Å². The largest absolute Gasteiger partial charge is 0.494 e. The maximum Gasteiger partial charge on any atom is 0.348 e. The Bertz CT molecular complexity index is 667. The van der Waals surface area contributed by atoms with Crippen LogP contribution in [0.1, 0.15) is 22.2 Å². The molecule has 3 N–H and O–H groups in total. The number of carboxylic acid groups (broad SMARTS) is 1. The van der Waals surface area contributed by atoms with Crippen molar-refractivity contribution < 1.29 is 19.0 Å². The second-order valence-corrected chi connectivity index (χ2v) is 5.18. The van der Waals surface area contributed by atoms with Crippen molar-refractivity contribution in [3.8, 4) is 16.2 Å². The molecular weight excluding hydrogens is 281 g/mol. The lowest BCUT2D eigenvalue weighted by atomic mass is 10.1. The Hall–Kier alpha value is -2.08. The zero-order valence-electron chi connectivity index (χ0n) is 11.1. The molecule has 0 bridgehead atoms. The third kappa shape index (κ3) is 2.34. The minimum Gasteiger partial charge on any atom is -0.494 e. The van der Waals surface area contributed by atoms with E-state index in [0.29, 0.717) is 12.0 Å². The second-order valence-electron chi connectivity index (χ2n) is 4.16. The highest BCUT2D eigenvalue weighted by molar-refractivity contribution is 7.18. The van der Waals surface area contributed by atoms with E-state index in [1.54, 1.807) is 12.1 Å². The molecule has 0 aliphatic heterocycles. The van der Waals surface area contributed by atoms with Crippen molar-refractivity contribution in [2.75, 3.05) is 12.8 Å². The molecule has 0 spiro atoms. The van der Waals surface area contributed by atoms with Crippen molar-refractivity contribution in [1.82, 2.24) is 0 Å². The number of thiophene rings is 1. The first-order valence-electron chi connectivity index (χ1n) is 5.97. The molecule has 4 nitrogen and oxygen atoms in total. The first-order valence-corrected chi connectivity index (χ1v) is 6.79. The lowest BCUT2D eigenvalue weighted by Crippen LogP contribution is -1.99. The minimum atomic E-state index is -1.05. The topological polar surface area (TPSA) is 72.5 Å². The number of ether oxygens (including phenoxy) is 1. The lowest BCUT2D eigenvalue weighted by molar-refractivity contribution is 0.0703. The molecule has 106 valence electrons. The van der Waals surface area contributed by atoms with Gasteiger partial charge in [0.1, 0.15) is 4.88 Å². The molecule has 6 heteroatoms. The highest BCUT2D eigenvalue weighted by Crippen LogP contribution is 2.40. The Labute approximate surface area is 119 Å². The Balaban J connectivity index is 2.63. The average Bonchev–Trinajstić information content (AvgIpc) is 2.76. The number of aromatic carboxylic acids is 1. The number of nitrogen functional groups attached to an aromatic ring is 1. The van der Waals surface area contributed by atoms with E-state index < -0.39 is 11.8 Å². The van der Waals surface area contributed by atoms with E-state index in [2.05, 4.69) is 0 Å². The zero-order valence-corrected chi connectivity index (χ0v) is 11.9. The fourth-order valence-electron chi connectivity index (χ4n) is 2.02. The number of nitrogens with two attached hydrogens (primary N) is 1. The van der Waals surface area contributed by atoms with Gasteiger partial charge in [0.15, 0.2) is 11.6 Å². The molecule has 1 heterocycles. The molecule has 2 rings (SSSR count). The van der Waals surface area contributed by atoms with Crippen LogP contribution in [0.5, 0.6) is 5.75 Å². The predicted molar refractivity (Wildman–Crippen MR) is 77.0 cm³/mol. The molecule has 1 aromatic heterocycles. The van der Waals surface area contributed by atoms with Gasteiger partial charge in [0.05, 0.1) is 12.8 Å². The van der Waals surface area contributed by atoms with Gasteiger partial charge in [0.2, 0.25) is 0 Å². The Morgan fingerprint density at radius 3 is 2.75 bits per heavy atom. The summed E-state index contributed by atoms with van der Waals surface area (Å²) in [6, 6.07) is 4.43. The van der Waals surface area contributed by atoms with Gasteiger partial charge in [-0.05, 0) is 29.7 Å². The highest BCUT2D eigenvalue weighted by atomic mass is 32.1. The van der Waals surface area contributed by atoms with Crippen LogP contribution >= 0.6 is 11.3 Å². The van der Waals surface area contributed by atoms with Crippen LogP contribution < -0.4 is 10.5 Å². The number of anilines is 1. The fourth-order valence-corrected chi connectivity index (χ4v) is 3.17. The van der Waals surface area contributed by atoms with E-state index >= 15 is 0 Å². The van der Waals surface area contributed by atoms with Crippen molar-refractivity contribution in [2.45, 2.75) is 13.3 Å². The van der Waals surface area contributed by atoms with E-state index in [0.717, 1.165) is 21.8 Å². The molecule has 0 atom stereocenters. The molecule has 0 unspecified atom stereocenters. The summed E-state index contributed by atoms with van der Waals surface area (Å²) in [4.78, 5) is 12.0. The number of methoxy groups -OCH3 is 1. The summed E-state index contributed by atoms with van der Waals surface area (Å²) in [5.74, 6) is -1.40. The number of halogens is 1.